The van der Waals surface area contributed by atoms with Crippen molar-refractivity contribution in [2.75, 3.05) is 29.9 Å². The van der Waals surface area contributed by atoms with Gasteiger partial charge in [-0.3, -0.25) is 14.4 Å². The van der Waals surface area contributed by atoms with Gasteiger partial charge in [0.2, 0.25) is 11.8 Å². The minimum Gasteiger partial charge on any atom is -0.484 e. The zero-order valence-electron chi connectivity index (χ0n) is 17.6. The number of rotatable bonds is 8. The lowest BCUT2D eigenvalue weighted by molar-refractivity contribution is -0.126. The van der Waals surface area contributed by atoms with Crippen LogP contribution in [-0.2, 0) is 14.4 Å². The summed E-state index contributed by atoms with van der Waals surface area (Å²) in [5, 5.41) is 6.16. The molecular formula is C23H26ClN3O4. The molecule has 7 nitrogen and oxygen atoms in total. The van der Waals surface area contributed by atoms with Crippen molar-refractivity contribution in [1.29, 1.82) is 0 Å². The summed E-state index contributed by atoms with van der Waals surface area (Å²) in [6.45, 7) is 4.68. The Hall–Kier alpha value is -3.06. The number of nitrogens with zero attached hydrogens (tertiary/aromatic N) is 1. The molecule has 1 heterocycles. The quantitative estimate of drug-likeness (QED) is 0.653. The predicted molar refractivity (Wildman–Crippen MR) is 121 cm³/mol. The van der Waals surface area contributed by atoms with E-state index in [-0.39, 0.29) is 36.7 Å². The molecule has 2 aromatic carbocycles. The second-order valence-corrected chi connectivity index (χ2v) is 7.90. The summed E-state index contributed by atoms with van der Waals surface area (Å²) in [7, 11) is 0. The van der Waals surface area contributed by atoms with Crippen molar-refractivity contribution in [3.63, 3.8) is 0 Å². The molecule has 0 spiro atoms. The Balaban J connectivity index is 1.52. The van der Waals surface area contributed by atoms with Crippen LogP contribution in [0.3, 0.4) is 0 Å². The molecule has 0 aliphatic carbocycles. The van der Waals surface area contributed by atoms with Crippen LogP contribution in [0.15, 0.2) is 42.5 Å². The summed E-state index contributed by atoms with van der Waals surface area (Å²) in [6.07, 6.45) is 1.06. The molecule has 8 heteroatoms. The van der Waals surface area contributed by atoms with Crippen LogP contribution >= 0.6 is 11.6 Å². The second kappa shape index (κ2) is 10.3. The van der Waals surface area contributed by atoms with E-state index in [4.69, 9.17) is 16.3 Å². The standard InChI is InChI=1S/C23H26ClN3O4/c1-3-10-25-23(30)16-11-22(29)27(13-16)18-6-8-19(9-7-18)31-14-21(28)26-17-5-4-15(2)20(24)12-17/h4-9,12,16H,3,10-11,13-14H2,1-2H3,(H,25,30)(H,26,28). The molecule has 1 atom stereocenters. The minimum absolute atomic E-state index is 0.0820. The van der Waals surface area contributed by atoms with Crippen molar-refractivity contribution in [2.24, 2.45) is 5.92 Å². The number of halogens is 1. The Kier molecular flexibility index (Phi) is 7.52. The molecule has 0 radical (unpaired) electrons. The monoisotopic (exact) mass is 443 g/mol. The number of aryl methyl sites for hydroxylation is 1. The molecule has 3 amide bonds. The zero-order chi connectivity index (χ0) is 22.4. The molecule has 2 aromatic rings. The average molecular weight is 444 g/mol. The number of amides is 3. The fourth-order valence-corrected chi connectivity index (χ4v) is 3.44. The molecule has 2 N–H and O–H groups in total. The molecule has 1 saturated heterocycles. The van der Waals surface area contributed by atoms with E-state index in [1.54, 1.807) is 41.3 Å². The summed E-state index contributed by atoms with van der Waals surface area (Å²) < 4.78 is 5.53. The Morgan fingerprint density at radius 3 is 2.61 bits per heavy atom. The van der Waals surface area contributed by atoms with Crippen molar-refractivity contribution >= 4 is 40.7 Å². The van der Waals surface area contributed by atoms with Crippen molar-refractivity contribution in [3.8, 4) is 5.75 Å². The van der Waals surface area contributed by atoms with Crippen LogP contribution in [0.4, 0.5) is 11.4 Å². The fourth-order valence-electron chi connectivity index (χ4n) is 3.26. The van der Waals surface area contributed by atoms with Crippen LogP contribution in [0.1, 0.15) is 25.3 Å². The number of carbonyl (C=O) groups excluding carboxylic acids is 3. The molecule has 0 saturated carbocycles. The molecule has 164 valence electrons. The molecule has 1 aliphatic rings. The molecule has 1 aliphatic heterocycles. The number of benzene rings is 2. The smallest absolute Gasteiger partial charge is 0.262 e. The number of nitrogens with one attached hydrogen (secondary N) is 2. The number of hydrogen-bond acceptors (Lipinski definition) is 4. The largest absolute Gasteiger partial charge is 0.484 e. The van der Waals surface area contributed by atoms with Gasteiger partial charge in [0.25, 0.3) is 5.91 Å². The first-order chi connectivity index (χ1) is 14.9. The zero-order valence-corrected chi connectivity index (χ0v) is 18.4. The normalized spacial score (nSPS) is 15.6. The lowest BCUT2D eigenvalue weighted by Crippen LogP contribution is -2.33. The van der Waals surface area contributed by atoms with E-state index in [9.17, 15) is 14.4 Å². The van der Waals surface area contributed by atoms with Crippen molar-refractivity contribution in [1.82, 2.24) is 5.32 Å². The number of ether oxygens (including phenoxy) is 1. The highest BCUT2D eigenvalue weighted by Crippen LogP contribution is 2.27. The summed E-state index contributed by atoms with van der Waals surface area (Å²) in [5.41, 5.74) is 2.23. The highest BCUT2D eigenvalue weighted by atomic mass is 35.5. The highest BCUT2D eigenvalue weighted by molar-refractivity contribution is 6.31. The third kappa shape index (κ3) is 5.98. The molecule has 1 fully saturated rings. The first-order valence-corrected chi connectivity index (χ1v) is 10.6. The first-order valence-electron chi connectivity index (χ1n) is 10.2. The van der Waals surface area contributed by atoms with E-state index in [1.165, 1.54) is 0 Å². The van der Waals surface area contributed by atoms with E-state index in [0.717, 1.165) is 12.0 Å². The number of carbonyl (C=O) groups is 3. The molecular weight excluding hydrogens is 418 g/mol. The third-order valence-corrected chi connectivity index (χ3v) is 5.43. The van der Waals surface area contributed by atoms with Crippen LogP contribution in [0.5, 0.6) is 5.75 Å². The van der Waals surface area contributed by atoms with Crippen LogP contribution in [0.2, 0.25) is 5.02 Å². The maximum absolute atomic E-state index is 12.3. The summed E-state index contributed by atoms with van der Waals surface area (Å²) in [5.74, 6) is -0.307. The van der Waals surface area contributed by atoms with E-state index < -0.39 is 0 Å². The maximum atomic E-state index is 12.3. The molecule has 1 unspecified atom stereocenters. The maximum Gasteiger partial charge on any atom is 0.262 e. The summed E-state index contributed by atoms with van der Waals surface area (Å²) >= 11 is 6.07. The van der Waals surface area contributed by atoms with E-state index >= 15 is 0 Å². The Labute approximate surface area is 186 Å². The van der Waals surface area contributed by atoms with Gasteiger partial charge in [0.05, 0.1) is 5.92 Å². The van der Waals surface area contributed by atoms with E-state index in [2.05, 4.69) is 10.6 Å². The number of anilines is 2. The lowest BCUT2D eigenvalue weighted by atomic mass is 10.1. The minimum atomic E-state index is -0.339. The molecule has 0 aromatic heterocycles. The summed E-state index contributed by atoms with van der Waals surface area (Å²) in [6, 6.07) is 12.2. The van der Waals surface area contributed by atoms with Gasteiger partial charge in [0.1, 0.15) is 5.75 Å². The second-order valence-electron chi connectivity index (χ2n) is 7.49. The van der Waals surface area contributed by atoms with Crippen LogP contribution < -0.4 is 20.3 Å². The van der Waals surface area contributed by atoms with E-state index in [0.29, 0.717) is 35.2 Å². The van der Waals surface area contributed by atoms with Crippen molar-refractivity contribution in [2.45, 2.75) is 26.7 Å². The lowest BCUT2D eigenvalue weighted by Gasteiger charge is -2.17. The van der Waals surface area contributed by atoms with Crippen LogP contribution in [0.25, 0.3) is 0 Å². The number of hydrogen-bond donors (Lipinski definition) is 2. The molecule has 0 bridgehead atoms. The van der Waals surface area contributed by atoms with Gasteiger partial charge in [0.15, 0.2) is 6.61 Å². The van der Waals surface area contributed by atoms with Crippen molar-refractivity contribution < 1.29 is 19.1 Å². The molecule has 3 rings (SSSR count). The molecule has 31 heavy (non-hydrogen) atoms. The van der Waals surface area contributed by atoms with Gasteiger partial charge in [-0.1, -0.05) is 24.6 Å². The SMILES string of the molecule is CCCNC(=O)C1CC(=O)N(c2ccc(OCC(=O)Nc3ccc(C)c(Cl)c3)cc2)C1. The topological polar surface area (TPSA) is 87.7 Å². The van der Waals surface area contributed by atoms with Gasteiger partial charge in [-0.05, 0) is 55.3 Å². The van der Waals surface area contributed by atoms with Gasteiger partial charge >= 0.3 is 0 Å². The fraction of sp³-hybridized carbons (Fsp3) is 0.348. The van der Waals surface area contributed by atoms with Crippen molar-refractivity contribution in [3.05, 3.63) is 53.1 Å². The van der Waals surface area contributed by atoms with Gasteiger partial charge < -0.3 is 20.3 Å². The summed E-state index contributed by atoms with van der Waals surface area (Å²) in [4.78, 5) is 38.2. The Bertz CT molecular complexity index is 962. The Morgan fingerprint density at radius 2 is 1.94 bits per heavy atom. The average Bonchev–Trinajstić information content (AvgIpc) is 3.15. The third-order valence-electron chi connectivity index (χ3n) is 5.02. The first kappa shape index (κ1) is 22.6. The van der Waals surface area contributed by atoms with Gasteiger partial charge in [-0.25, -0.2) is 0 Å². The highest BCUT2D eigenvalue weighted by Gasteiger charge is 2.34. The van der Waals surface area contributed by atoms with Gasteiger partial charge in [-0.2, -0.15) is 0 Å². The van der Waals surface area contributed by atoms with E-state index in [1.807, 2.05) is 19.9 Å². The predicted octanol–water partition coefficient (Wildman–Crippen LogP) is 3.55. The van der Waals surface area contributed by atoms with Crippen LogP contribution in [-0.4, -0.2) is 37.4 Å². The van der Waals surface area contributed by atoms with Gasteiger partial charge in [0, 0.05) is 35.9 Å². The van der Waals surface area contributed by atoms with Gasteiger partial charge in [-0.15, -0.1) is 0 Å². The Morgan fingerprint density at radius 1 is 1.19 bits per heavy atom. The van der Waals surface area contributed by atoms with Crippen LogP contribution in [0, 0.1) is 12.8 Å².